The standard InChI is InChI=1S/C18H15Cl2FN2O2/c1-10(13-8-16(21)15(20)9-14(13)19)22-6-7-23-17(24)11-4-2-3-5-12(11)18(23)25/h2-5,8-10,22H,6-7H2,1H3/p+1/t10-/m1/s1. The smallest absolute Gasteiger partial charge is 0.261 e. The summed E-state index contributed by atoms with van der Waals surface area (Å²) in [6.45, 7) is 2.62. The summed E-state index contributed by atoms with van der Waals surface area (Å²) >= 11 is 11.8. The molecular formula is C18H16Cl2FN2O2+. The van der Waals surface area contributed by atoms with Gasteiger partial charge in [0.2, 0.25) is 0 Å². The molecule has 2 amide bonds. The monoisotopic (exact) mass is 381 g/mol. The third-order valence-electron chi connectivity index (χ3n) is 4.28. The maximum atomic E-state index is 13.6. The van der Waals surface area contributed by atoms with E-state index in [1.807, 2.05) is 12.2 Å². The van der Waals surface area contributed by atoms with Crippen LogP contribution in [0.15, 0.2) is 36.4 Å². The lowest BCUT2D eigenvalue weighted by Crippen LogP contribution is -2.86. The first-order chi connectivity index (χ1) is 11.9. The number of quaternary nitrogens is 1. The molecule has 0 aromatic heterocycles. The Labute approximate surface area is 154 Å². The maximum absolute atomic E-state index is 13.6. The van der Waals surface area contributed by atoms with Gasteiger partial charge in [-0.05, 0) is 31.2 Å². The zero-order chi connectivity index (χ0) is 18.1. The van der Waals surface area contributed by atoms with Crippen molar-refractivity contribution >= 4 is 35.0 Å². The largest absolute Gasteiger partial charge is 0.339 e. The quantitative estimate of drug-likeness (QED) is 0.639. The van der Waals surface area contributed by atoms with Crippen molar-refractivity contribution in [3.8, 4) is 0 Å². The van der Waals surface area contributed by atoms with E-state index in [2.05, 4.69) is 0 Å². The molecule has 0 spiro atoms. The second-order valence-electron chi connectivity index (χ2n) is 5.91. The predicted octanol–water partition coefficient (Wildman–Crippen LogP) is 3.05. The molecule has 25 heavy (non-hydrogen) atoms. The van der Waals surface area contributed by atoms with Gasteiger partial charge in [-0.15, -0.1) is 0 Å². The summed E-state index contributed by atoms with van der Waals surface area (Å²) in [5.74, 6) is -1.09. The van der Waals surface area contributed by atoms with Crippen LogP contribution in [-0.2, 0) is 0 Å². The fourth-order valence-corrected chi connectivity index (χ4v) is 3.46. The van der Waals surface area contributed by atoms with Gasteiger partial charge in [0, 0.05) is 5.56 Å². The highest BCUT2D eigenvalue weighted by Gasteiger charge is 2.35. The van der Waals surface area contributed by atoms with E-state index >= 15 is 0 Å². The van der Waals surface area contributed by atoms with Gasteiger partial charge in [-0.3, -0.25) is 14.5 Å². The molecule has 0 bridgehead atoms. The normalized spacial score (nSPS) is 14.8. The van der Waals surface area contributed by atoms with Crippen molar-refractivity contribution in [2.75, 3.05) is 13.1 Å². The Hall–Kier alpha value is -1.95. The van der Waals surface area contributed by atoms with Gasteiger partial charge in [0.1, 0.15) is 11.9 Å². The van der Waals surface area contributed by atoms with Crippen molar-refractivity contribution in [1.82, 2.24) is 4.90 Å². The van der Waals surface area contributed by atoms with E-state index in [-0.39, 0.29) is 29.4 Å². The molecule has 2 N–H and O–H groups in total. The van der Waals surface area contributed by atoms with Gasteiger partial charge in [-0.2, -0.15) is 0 Å². The Kier molecular flexibility index (Phi) is 5.08. The second-order valence-corrected chi connectivity index (χ2v) is 6.72. The molecule has 0 saturated carbocycles. The molecular weight excluding hydrogens is 366 g/mol. The molecule has 130 valence electrons. The molecule has 1 heterocycles. The summed E-state index contributed by atoms with van der Waals surface area (Å²) in [6.07, 6.45) is 0. The number of carbonyl (C=O) groups excluding carboxylic acids is 2. The average Bonchev–Trinajstić information content (AvgIpc) is 2.83. The van der Waals surface area contributed by atoms with Gasteiger partial charge in [-0.1, -0.05) is 35.3 Å². The highest BCUT2D eigenvalue weighted by molar-refractivity contribution is 6.35. The van der Waals surface area contributed by atoms with Crippen molar-refractivity contribution in [3.63, 3.8) is 0 Å². The number of hydrogen-bond donors (Lipinski definition) is 1. The van der Waals surface area contributed by atoms with E-state index in [4.69, 9.17) is 23.2 Å². The van der Waals surface area contributed by atoms with Crippen LogP contribution >= 0.6 is 23.2 Å². The van der Waals surface area contributed by atoms with E-state index in [1.165, 1.54) is 17.0 Å². The van der Waals surface area contributed by atoms with E-state index in [1.54, 1.807) is 24.3 Å². The lowest BCUT2D eigenvalue weighted by molar-refractivity contribution is -0.691. The molecule has 1 aliphatic rings. The number of nitrogens with zero attached hydrogens (tertiary/aromatic N) is 1. The number of amides is 2. The number of benzene rings is 2. The van der Waals surface area contributed by atoms with Crippen LogP contribution in [0.3, 0.4) is 0 Å². The molecule has 0 radical (unpaired) electrons. The number of fused-ring (bicyclic) bond motifs is 1. The first-order valence-corrected chi connectivity index (χ1v) is 8.58. The third kappa shape index (κ3) is 3.40. The van der Waals surface area contributed by atoms with Gasteiger partial charge < -0.3 is 5.32 Å². The first kappa shape index (κ1) is 17.9. The molecule has 2 aromatic carbocycles. The molecule has 3 rings (SSSR count). The van der Waals surface area contributed by atoms with Gasteiger partial charge in [-0.25, -0.2) is 4.39 Å². The number of halogens is 3. The SMILES string of the molecule is C[C@@H]([NH2+]CCN1C(=O)c2ccccc2C1=O)c1cc(F)c(Cl)cc1Cl. The van der Waals surface area contributed by atoms with Crippen LogP contribution in [-0.4, -0.2) is 29.8 Å². The minimum atomic E-state index is -0.526. The summed E-state index contributed by atoms with van der Waals surface area (Å²) in [5, 5.41) is 2.26. The van der Waals surface area contributed by atoms with Gasteiger partial charge in [0.25, 0.3) is 11.8 Å². The van der Waals surface area contributed by atoms with Gasteiger partial charge in [0.05, 0.1) is 34.3 Å². The number of imide groups is 1. The number of hydrogen-bond acceptors (Lipinski definition) is 2. The number of nitrogens with two attached hydrogens (primary N) is 1. The number of rotatable bonds is 5. The molecule has 0 saturated heterocycles. The van der Waals surface area contributed by atoms with Crippen LogP contribution < -0.4 is 5.32 Å². The summed E-state index contributed by atoms with van der Waals surface area (Å²) < 4.78 is 13.6. The molecule has 1 atom stereocenters. The number of carbonyl (C=O) groups is 2. The summed E-state index contributed by atoms with van der Waals surface area (Å²) in [5.41, 5.74) is 1.48. The molecule has 0 fully saturated rings. The Morgan fingerprint density at radius 2 is 1.68 bits per heavy atom. The molecule has 0 aliphatic carbocycles. The van der Waals surface area contributed by atoms with Crippen LogP contribution in [0.5, 0.6) is 0 Å². The summed E-state index contributed by atoms with van der Waals surface area (Å²) in [4.78, 5) is 25.8. The molecule has 4 nitrogen and oxygen atoms in total. The minimum Gasteiger partial charge on any atom is -0.339 e. The lowest BCUT2D eigenvalue weighted by Gasteiger charge is -2.16. The predicted molar refractivity (Wildman–Crippen MR) is 93.4 cm³/mol. The lowest BCUT2D eigenvalue weighted by atomic mass is 10.1. The van der Waals surface area contributed by atoms with Gasteiger partial charge in [0.15, 0.2) is 0 Å². The topological polar surface area (TPSA) is 54.0 Å². The molecule has 1 aliphatic heterocycles. The maximum Gasteiger partial charge on any atom is 0.261 e. The van der Waals surface area contributed by atoms with E-state index < -0.39 is 5.82 Å². The van der Waals surface area contributed by atoms with Gasteiger partial charge >= 0.3 is 0 Å². The zero-order valence-electron chi connectivity index (χ0n) is 13.4. The van der Waals surface area contributed by atoms with E-state index in [0.29, 0.717) is 28.3 Å². The Bertz CT molecular complexity index is 822. The van der Waals surface area contributed by atoms with Crippen molar-refractivity contribution < 1.29 is 19.3 Å². The van der Waals surface area contributed by atoms with E-state index in [0.717, 1.165) is 0 Å². The summed E-state index contributed by atoms with van der Waals surface area (Å²) in [7, 11) is 0. The molecule has 0 unspecified atom stereocenters. The highest BCUT2D eigenvalue weighted by Crippen LogP contribution is 2.27. The van der Waals surface area contributed by atoms with Crippen LogP contribution in [0, 0.1) is 5.82 Å². The third-order valence-corrected chi connectivity index (χ3v) is 4.90. The van der Waals surface area contributed by atoms with E-state index in [9.17, 15) is 14.0 Å². The molecule has 7 heteroatoms. The van der Waals surface area contributed by atoms with Crippen LogP contribution in [0.1, 0.15) is 39.2 Å². The Morgan fingerprint density at radius 1 is 1.08 bits per heavy atom. The zero-order valence-corrected chi connectivity index (χ0v) is 14.9. The van der Waals surface area contributed by atoms with Crippen LogP contribution in [0.4, 0.5) is 4.39 Å². The minimum absolute atomic E-state index is 0.0213. The Balaban J connectivity index is 1.63. The van der Waals surface area contributed by atoms with Crippen molar-refractivity contribution in [1.29, 1.82) is 0 Å². The fourth-order valence-electron chi connectivity index (χ4n) is 2.91. The molecule has 2 aromatic rings. The summed E-state index contributed by atoms with van der Waals surface area (Å²) in [6, 6.07) is 9.32. The fraction of sp³-hybridized carbons (Fsp3) is 0.222. The second kappa shape index (κ2) is 7.12. The first-order valence-electron chi connectivity index (χ1n) is 7.83. The highest BCUT2D eigenvalue weighted by atomic mass is 35.5. The van der Waals surface area contributed by atoms with Crippen molar-refractivity contribution in [2.24, 2.45) is 0 Å². The Morgan fingerprint density at radius 3 is 2.28 bits per heavy atom. The van der Waals surface area contributed by atoms with Crippen molar-refractivity contribution in [2.45, 2.75) is 13.0 Å². The van der Waals surface area contributed by atoms with Crippen molar-refractivity contribution in [3.05, 3.63) is 69.0 Å². The van der Waals surface area contributed by atoms with Crippen LogP contribution in [0.2, 0.25) is 10.0 Å². The van der Waals surface area contributed by atoms with Crippen LogP contribution in [0.25, 0.3) is 0 Å². The average molecular weight is 382 g/mol.